The van der Waals surface area contributed by atoms with Crippen LogP contribution in [0.3, 0.4) is 0 Å². The van der Waals surface area contributed by atoms with Gasteiger partial charge in [0.15, 0.2) is 15.0 Å². The molecular formula is C15H13N3O3S2. The minimum atomic E-state index is -3.07. The molecule has 0 unspecified atom stereocenters. The van der Waals surface area contributed by atoms with E-state index in [1.165, 1.54) is 11.8 Å². The molecule has 0 aliphatic carbocycles. The maximum atomic E-state index is 12.9. The molecule has 118 valence electrons. The molecule has 0 saturated carbocycles. The Morgan fingerprint density at radius 3 is 3.00 bits per heavy atom. The predicted molar refractivity (Wildman–Crippen MR) is 89.9 cm³/mol. The summed E-state index contributed by atoms with van der Waals surface area (Å²) in [5.74, 6) is 0.156. The molecule has 5 rings (SSSR count). The van der Waals surface area contributed by atoms with Gasteiger partial charge >= 0.3 is 0 Å². The first-order chi connectivity index (χ1) is 10.9. The van der Waals surface area contributed by atoms with Crippen LogP contribution < -0.4 is 5.56 Å². The summed E-state index contributed by atoms with van der Waals surface area (Å²) in [6, 6.07) is 5.65. The Hall–Kier alpha value is -1.80. The highest BCUT2D eigenvalue weighted by Crippen LogP contribution is 2.44. The molecule has 1 N–H and O–H groups in total. The lowest BCUT2D eigenvalue weighted by Crippen LogP contribution is -2.27. The Morgan fingerprint density at radius 1 is 1.35 bits per heavy atom. The zero-order chi connectivity index (χ0) is 15.9. The molecule has 0 bridgehead atoms. The van der Waals surface area contributed by atoms with Crippen molar-refractivity contribution in [3.05, 3.63) is 34.1 Å². The van der Waals surface area contributed by atoms with Crippen LogP contribution >= 0.6 is 11.8 Å². The largest absolute Gasteiger partial charge is 0.349 e. The number of aryl methyl sites for hydroxylation is 1. The molecule has 4 heterocycles. The normalized spacial score (nSPS) is 25.1. The van der Waals surface area contributed by atoms with Crippen molar-refractivity contribution in [2.45, 2.75) is 23.4 Å². The van der Waals surface area contributed by atoms with Crippen LogP contribution in [0.1, 0.15) is 11.6 Å². The average molecular weight is 347 g/mol. The van der Waals surface area contributed by atoms with E-state index in [1.54, 1.807) is 4.57 Å². The third kappa shape index (κ3) is 1.79. The van der Waals surface area contributed by atoms with E-state index in [2.05, 4.69) is 9.97 Å². The van der Waals surface area contributed by atoms with Crippen molar-refractivity contribution in [1.29, 1.82) is 0 Å². The van der Waals surface area contributed by atoms with Gasteiger partial charge in [-0.25, -0.2) is 13.4 Å². The maximum absolute atomic E-state index is 12.9. The molecule has 2 aliphatic rings. The van der Waals surface area contributed by atoms with Gasteiger partial charge in [0.05, 0.1) is 17.5 Å². The second-order valence-electron chi connectivity index (χ2n) is 6.27. The number of rotatable bonds is 0. The van der Waals surface area contributed by atoms with E-state index in [0.29, 0.717) is 16.2 Å². The van der Waals surface area contributed by atoms with E-state index in [4.69, 9.17) is 0 Å². The number of aromatic nitrogens is 3. The quantitative estimate of drug-likeness (QED) is 0.625. The molecule has 1 saturated heterocycles. The average Bonchev–Trinajstić information content (AvgIpc) is 3.07. The summed E-state index contributed by atoms with van der Waals surface area (Å²) < 4.78 is 25.3. The Balaban J connectivity index is 1.84. The van der Waals surface area contributed by atoms with Crippen molar-refractivity contribution in [2.24, 2.45) is 0 Å². The monoisotopic (exact) mass is 347 g/mol. The highest BCUT2D eigenvalue weighted by atomic mass is 32.2. The lowest BCUT2D eigenvalue weighted by Gasteiger charge is -2.09. The van der Waals surface area contributed by atoms with Crippen molar-refractivity contribution < 1.29 is 8.42 Å². The zero-order valence-corrected chi connectivity index (χ0v) is 13.9. The Bertz CT molecular complexity index is 1160. The van der Waals surface area contributed by atoms with Crippen molar-refractivity contribution >= 4 is 43.5 Å². The Labute approximate surface area is 135 Å². The van der Waals surface area contributed by atoms with Gasteiger partial charge in [-0.2, -0.15) is 0 Å². The summed E-state index contributed by atoms with van der Waals surface area (Å²) in [5.41, 5.74) is 2.95. The molecular weight excluding hydrogens is 334 g/mol. The smallest absolute Gasteiger partial charge is 0.278 e. The first-order valence-corrected chi connectivity index (χ1v) is 10.0. The lowest BCUT2D eigenvalue weighted by molar-refractivity contribution is 0.524. The zero-order valence-electron chi connectivity index (χ0n) is 12.2. The molecule has 2 aromatic heterocycles. The molecule has 8 heteroatoms. The van der Waals surface area contributed by atoms with Crippen LogP contribution in [-0.4, -0.2) is 39.7 Å². The van der Waals surface area contributed by atoms with Gasteiger partial charge in [0.1, 0.15) is 11.0 Å². The summed E-state index contributed by atoms with van der Waals surface area (Å²) in [5, 5.41) is 1.47. The van der Waals surface area contributed by atoms with Crippen LogP contribution in [0, 0.1) is 6.92 Å². The van der Waals surface area contributed by atoms with Crippen molar-refractivity contribution in [3.8, 4) is 0 Å². The summed E-state index contributed by atoms with van der Waals surface area (Å²) >= 11 is 1.41. The SMILES string of the molecule is Cc1ccc2[nH]c3c(=O)n4c(nc3c2c1)S[C@H]1CS(=O)(=O)C[C@H]14. The lowest BCUT2D eigenvalue weighted by atomic mass is 10.1. The standard InChI is InChI=1S/C15H13N3O3S2/c1-7-2-3-9-8(4-7)12-13(16-9)14(19)18-10-5-23(20,21)6-11(10)22-15(18)17-12/h2-4,10-11,16H,5-6H2,1H3/t10-,11+/m1/s1. The van der Waals surface area contributed by atoms with E-state index in [1.807, 2.05) is 25.1 Å². The molecule has 0 spiro atoms. The molecule has 3 aromatic rings. The van der Waals surface area contributed by atoms with Crippen LogP contribution in [0.15, 0.2) is 28.2 Å². The van der Waals surface area contributed by atoms with Crippen LogP contribution in [-0.2, 0) is 9.84 Å². The molecule has 2 aliphatic heterocycles. The van der Waals surface area contributed by atoms with E-state index in [-0.39, 0.29) is 28.4 Å². The number of nitrogens with one attached hydrogen (secondary N) is 1. The molecule has 2 atom stereocenters. The minimum absolute atomic E-state index is 0.0318. The number of hydrogen-bond acceptors (Lipinski definition) is 5. The van der Waals surface area contributed by atoms with Crippen LogP contribution in [0.5, 0.6) is 0 Å². The molecule has 0 amide bonds. The van der Waals surface area contributed by atoms with E-state index in [9.17, 15) is 13.2 Å². The maximum Gasteiger partial charge on any atom is 0.278 e. The number of thioether (sulfide) groups is 1. The second kappa shape index (κ2) is 4.18. The van der Waals surface area contributed by atoms with Crippen molar-refractivity contribution in [2.75, 3.05) is 11.5 Å². The highest BCUT2D eigenvalue weighted by Gasteiger charge is 2.46. The van der Waals surface area contributed by atoms with Crippen LogP contribution in [0.25, 0.3) is 21.9 Å². The Kier molecular flexibility index (Phi) is 2.48. The fourth-order valence-corrected chi connectivity index (χ4v) is 7.48. The van der Waals surface area contributed by atoms with E-state index >= 15 is 0 Å². The van der Waals surface area contributed by atoms with Gasteiger partial charge in [0.2, 0.25) is 0 Å². The van der Waals surface area contributed by atoms with E-state index in [0.717, 1.165) is 16.5 Å². The first-order valence-electron chi connectivity index (χ1n) is 7.35. The summed E-state index contributed by atoms with van der Waals surface area (Å²) in [7, 11) is -3.07. The number of sulfone groups is 1. The van der Waals surface area contributed by atoms with Gasteiger partial charge in [-0.15, -0.1) is 0 Å². The third-order valence-electron chi connectivity index (χ3n) is 4.63. The number of hydrogen-bond donors (Lipinski definition) is 1. The number of fused-ring (bicyclic) bond motifs is 6. The Morgan fingerprint density at radius 2 is 2.17 bits per heavy atom. The van der Waals surface area contributed by atoms with Gasteiger partial charge in [-0.3, -0.25) is 9.36 Å². The van der Waals surface area contributed by atoms with E-state index < -0.39 is 9.84 Å². The fraction of sp³-hybridized carbons (Fsp3) is 0.333. The van der Waals surface area contributed by atoms with Gasteiger partial charge in [0, 0.05) is 16.2 Å². The number of nitrogens with zero attached hydrogens (tertiary/aromatic N) is 2. The van der Waals surface area contributed by atoms with Gasteiger partial charge in [-0.05, 0) is 19.1 Å². The molecule has 6 nitrogen and oxygen atoms in total. The number of H-pyrrole nitrogens is 1. The second-order valence-corrected chi connectivity index (χ2v) is 9.63. The van der Waals surface area contributed by atoms with Crippen molar-refractivity contribution in [1.82, 2.24) is 14.5 Å². The van der Waals surface area contributed by atoms with Crippen LogP contribution in [0.2, 0.25) is 0 Å². The molecule has 0 radical (unpaired) electrons. The molecule has 23 heavy (non-hydrogen) atoms. The highest BCUT2D eigenvalue weighted by molar-refractivity contribution is 8.02. The van der Waals surface area contributed by atoms with Gasteiger partial charge < -0.3 is 4.98 Å². The summed E-state index contributed by atoms with van der Waals surface area (Å²) in [6.45, 7) is 2.00. The van der Waals surface area contributed by atoms with Gasteiger partial charge in [0.25, 0.3) is 5.56 Å². The minimum Gasteiger partial charge on any atom is -0.349 e. The predicted octanol–water partition coefficient (Wildman–Crippen LogP) is 1.63. The first kappa shape index (κ1) is 13.6. The van der Waals surface area contributed by atoms with Crippen LogP contribution in [0.4, 0.5) is 0 Å². The number of aromatic amines is 1. The third-order valence-corrected chi connectivity index (χ3v) is 7.84. The summed E-state index contributed by atoms with van der Waals surface area (Å²) in [6.07, 6.45) is 0. The summed E-state index contributed by atoms with van der Waals surface area (Å²) in [4.78, 5) is 20.7. The van der Waals surface area contributed by atoms with Gasteiger partial charge in [-0.1, -0.05) is 23.4 Å². The fourth-order valence-electron chi connectivity index (χ4n) is 3.58. The molecule has 1 fully saturated rings. The van der Waals surface area contributed by atoms with Crippen molar-refractivity contribution in [3.63, 3.8) is 0 Å². The molecule has 1 aromatic carbocycles. The topological polar surface area (TPSA) is 84.8 Å². The number of benzene rings is 1.